The van der Waals surface area contributed by atoms with Gasteiger partial charge < -0.3 is 9.26 Å². The van der Waals surface area contributed by atoms with Crippen molar-refractivity contribution in [2.24, 2.45) is 0 Å². The Balaban J connectivity index is 0.000000309. The highest BCUT2D eigenvalue weighted by Crippen LogP contribution is 2.49. The van der Waals surface area contributed by atoms with Crippen LogP contribution in [0.1, 0.15) is 78.7 Å². The molecule has 1 aliphatic carbocycles. The molecule has 1 fully saturated rings. The number of thioether (sulfide) groups is 1. The largest absolute Gasteiger partial charge is 0.530 e. The summed E-state index contributed by atoms with van der Waals surface area (Å²) in [7, 11) is -3.50. The Morgan fingerprint density at radius 2 is 1.49 bits per heavy atom. The van der Waals surface area contributed by atoms with Gasteiger partial charge in [-0.25, -0.2) is 4.57 Å². The molecule has 3 rings (SSSR count). The Labute approximate surface area is 265 Å². The predicted molar refractivity (Wildman–Crippen MR) is 175 cm³/mol. The molecule has 1 aliphatic rings. The Hall–Kier alpha value is -1.83. The third kappa shape index (κ3) is 14.2. The summed E-state index contributed by atoms with van der Waals surface area (Å²) in [5.41, 5.74) is 1.37. The molecule has 240 valence electrons. The first-order valence-corrected chi connectivity index (χ1v) is 18.4. The molecular weight excluding hydrogens is 607 g/mol. The molecule has 0 spiro atoms. The van der Waals surface area contributed by atoms with Crippen LogP contribution in [0, 0.1) is 12.3 Å². The summed E-state index contributed by atoms with van der Waals surface area (Å²) in [5.74, 6) is 3.58. The van der Waals surface area contributed by atoms with Crippen molar-refractivity contribution >= 4 is 30.9 Å². The monoisotopic (exact) mass is 654 g/mol. The lowest BCUT2D eigenvalue weighted by Crippen LogP contribution is -2.37. The summed E-state index contributed by atoms with van der Waals surface area (Å²) in [5, 5.41) is 0. The molecule has 3 unspecified atom stereocenters. The van der Waals surface area contributed by atoms with Gasteiger partial charge in [-0.05, 0) is 85.7 Å². The van der Waals surface area contributed by atoms with Crippen LogP contribution in [0.4, 0.5) is 0 Å². The van der Waals surface area contributed by atoms with E-state index in [-0.39, 0.29) is 24.2 Å². The van der Waals surface area contributed by atoms with Crippen LogP contribution in [-0.4, -0.2) is 42.5 Å². The van der Waals surface area contributed by atoms with Gasteiger partial charge >= 0.3 is 19.2 Å². The molecule has 0 heterocycles. The van der Waals surface area contributed by atoms with E-state index in [4.69, 9.17) is 33.1 Å². The van der Waals surface area contributed by atoms with Crippen LogP contribution in [-0.2, 0) is 38.8 Å². The molecule has 0 N–H and O–H groups in total. The smallest absolute Gasteiger partial charge is 0.488 e. The zero-order valence-corrected chi connectivity index (χ0v) is 28.8. The van der Waals surface area contributed by atoms with Crippen molar-refractivity contribution in [2.45, 2.75) is 95.7 Å². The van der Waals surface area contributed by atoms with E-state index < -0.39 is 19.2 Å². The molecule has 2 aromatic rings. The van der Waals surface area contributed by atoms with E-state index in [1.54, 1.807) is 23.9 Å². The van der Waals surface area contributed by atoms with Gasteiger partial charge in [0.05, 0.1) is 13.2 Å². The summed E-state index contributed by atoms with van der Waals surface area (Å²) < 4.78 is 56.5. The minimum atomic E-state index is -3.50. The predicted octanol–water partition coefficient (Wildman–Crippen LogP) is 8.67. The molecule has 8 nitrogen and oxygen atoms in total. The van der Waals surface area contributed by atoms with E-state index in [9.17, 15) is 8.77 Å². The number of ether oxygens (including phenoxy) is 1. The lowest BCUT2D eigenvalue weighted by molar-refractivity contribution is 0.0239. The van der Waals surface area contributed by atoms with Crippen LogP contribution >= 0.6 is 19.6 Å². The van der Waals surface area contributed by atoms with Gasteiger partial charge in [0.25, 0.3) is 0 Å². The Morgan fingerprint density at radius 1 is 0.930 bits per heavy atom. The number of hydrogen-bond donors (Lipinski definition) is 0. The minimum absolute atomic E-state index is 0.0287. The summed E-state index contributed by atoms with van der Waals surface area (Å²) in [6.45, 7) is 11.1. The van der Waals surface area contributed by atoms with E-state index in [1.807, 2.05) is 44.4 Å². The topological polar surface area (TPSA) is 89.5 Å². The fourth-order valence-corrected chi connectivity index (χ4v) is 6.41. The van der Waals surface area contributed by atoms with Crippen LogP contribution in [0.2, 0.25) is 0 Å². The summed E-state index contributed by atoms with van der Waals surface area (Å²) >= 11 is -0.198. The maximum atomic E-state index is 12.4. The maximum Gasteiger partial charge on any atom is 0.530 e. The average molecular weight is 655 g/mol. The molecule has 0 aliphatic heterocycles. The summed E-state index contributed by atoms with van der Waals surface area (Å²) in [6, 6.07) is 15.5. The average Bonchev–Trinajstić information content (AvgIpc) is 2.99. The SMILES string of the molecule is C#CCOS(=O)OC1CCCCC1Oc1ccc(C(C)(C)C)cc1.CCCOP(=O)(OCCC)Oc1ccc(SC)cc1. The van der Waals surface area contributed by atoms with Crippen LogP contribution in [0.15, 0.2) is 53.4 Å². The molecule has 2 aromatic carbocycles. The standard InChI is InChI=1S/C19H26O4S.C13H21O4PS/c1-5-14-21-24(20)23-18-9-7-6-8-17(18)22-16-12-10-15(11-13-16)19(2,3)4;1-4-10-15-18(14,16-11-5-2)17-12-6-8-13(19-3)9-7-12/h1,10-13,17-18H,6-9,14H2,2-4H3;6-9H,4-5,10-11H2,1-3H3. The number of terminal acetylenes is 1. The van der Waals surface area contributed by atoms with Gasteiger partial charge in [0.15, 0.2) is 0 Å². The van der Waals surface area contributed by atoms with Crippen molar-refractivity contribution < 1.29 is 35.4 Å². The van der Waals surface area contributed by atoms with Gasteiger partial charge in [0, 0.05) is 4.90 Å². The second-order valence-corrected chi connectivity index (χ2v) is 14.2. The molecular formula is C32H47O8PS2. The lowest BCUT2D eigenvalue weighted by atomic mass is 9.87. The maximum absolute atomic E-state index is 12.4. The molecule has 0 amide bonds. The number of rotatable bonds is 15. The highest BCUT2D eigenvalue weighted by atomic mass is 32.2. The van der Waals surface area contributed by atoms with E-state index in [0.717, 1.165) is 49.2 Å². The minimum Gasteiger partial charge on any atom is -0.488 e. The van der Waals surface area contributed by atoms with Gasteiger partial charge in [-0.2, -0.15) is 4.21 Å². The highest BCUT2D eigenvalue weighted by Gasteiger charge is 2.30. The molecule has 0 radical (unpaired) electrons. The number of benzene rings is 2. The molecule has 3 atom stereocenters. The quantitative estimate of drug-likeness (QED) is 0.106. The molecule has 1 saturated carbocycles. The zero-order chi connectivity index (χ0) is 31.7. The second kappa shape index (κ2) is 19.5. The van der Waals surface area contributed by atoms with Crippen molar-refractivity contribution in [1.82, 2.24) is 0 Å². The number of hydrogen-bond acceptors (Lipinski definition) is 9. The van der Waals surface area contributed by atoms with Gasteiger partial charge in [-0.3, -0.25) is 17.4 Å². The first-order chi connectivity index (χ1) is 20.5. The second-order valence-electron chi connectivity index (χ2n) is 10.9. The van der Waals surface area contributed by atoms with Gasteiger partial charge in [0.1, 0.15) is 30.3 Å². The van der Waals surface area contributed by atoms with Gasteiger partial charge in [-0.15, -0.1) is 18.2 Å². The Kier molecular flexibility index (Phi) is 17.0. The fourth-order valence-electron chi connectivity index (χ4n) is 3.99. The molecule has 11 heteroatoms. The van der Waals surface area contributed by atoms with E-state index >= 15 is 0 Å². The van der Waals surface area contributed by atoms with E-state index in [0.29, 0.717) is 19.0 Å². The highest BCUT2D eigenvalue weighted by molar-refractivity contribution is 7.98. The van der Waals surface area contributed by atoms with Crippen LogP contribution in [0.5, 0.6) is 11.5 Å². The zero-order valence-electron chi connectivity index (χ0n) is 26.2. The van der Waals surface area contributed by atoms with Crippen molar-refractivity contribution in [3.63, 3.8) is 0 Å². The van der Waals surface area contributed by atoms with Crippen LogP contribution < -0.4 is 9.26 Å². The first-order valence-electron chi connectivity index (χ1n) is 14.7. The van der Waals surface area contributed by atoms with Crippen molar-refractivity contribution in [2.75, 3.05) is 26.1 Å². The van der Waals surface area contributed by atoms with Crippen molar-refractivity contribution in [1.29, 1.82) is 0 Å². The number of phosphoric ester groups is 1. The normalized spacial score (nSPS) is 17.7. The van der Waals surface area contributed by atoms with Crippen LogP contribution in [0.3, 0.4) is 0 Å². The number of phosphoric acid groups is 1. The van der Waals surface area contributed by atoms with Crippen molar-refractivity contribution in [3.05, 3.63) is 54.1 Å². The Morgan fingerprint density at radius 3 is 2.00 bits per heavy atom. The third-order valence-corrected chi connectivity index (χ3v) is 9.16. The summed E-state index contributed by atoms with van der Waals surface area (Å²) in [4.78, 5) is 1.12. The Bertz CT molecular complexity index is 1160. The van der Waals surface area contributed by atoms with Gasteiger partial charge in [-0.1, -0.05) is 59.1 Å². The molecule has 43 heavy (non-hydrogen) atoms. The van der Waals surface area contributed by atoms with E-state index in [1.165, 1.54) is 5.56 Å². The van der Waals surface area contributed by atoms with Gasteiger partial charge in [0.2, 0.25) is 0 Å². The van der Waals surface area contributed by atoms with Crippen molar-refractivity contribution in [3.8, 4) is 23.8 Å². The molecule has 0 aromatic heterocycles. The lowest BCUT2D eigenvalue weighted by Gasteiger charge is -2.30. The summed E-state index contributed by atoms with van der Waals surface area (Å²) in [6.07, 6.45) is 12.0. The van der Waals surface area contributed by atoms with Crippen LogP contribution in [0.25, 0.3) is 0 Å². The fraction of sp³-hybridized carbons (Fsp3) is 0.562. The third-order valence-electron chi connectivity index (χ3n) is 6.27. The molecule has 0 saturated heterocycles. The first kappa shape index (κ1) is 37.4. The van der Waals surface area contributed by atoms with E-state index in [2.05, 4.69) is 38.8 Å². The molecule has 0 bridgehead atoms.